The Balaban J connectivity index is 2.29. The smallest absolute Gasteiger partial charge is 0.189 e. The lowest BCUT2D eigenvalue weighted by Gasteiger charge is -2.29. The average molecular weight is 111 g/mol. The summed E-state index contributed by atoms with van der Waals surface area (Å²) in [6, 6.07) is 0. The van der Waals surface area contributed by atoms with Crippen LogP contribution in [-0.2, 0) is 0 Å². The zero-order valence-corrected chi connectivity index (χ0v) is 3.37. The van der Waals surface area contributed by atoms with Crippen molar-refractivity contribution in [3.8, 4) is 0 Å². The van der Waals surface area contributed by atoms with E-state index in [0.717, 1.165) is 0 Å². The Hall–Kier alpha value is -0.250. The Labute approximate surface area is 38.5 Å². The molecule has 1 rings (SSSR count). The number of rotatable bonds is 0. The topological polar surface area (TPSA) is 12.0 Å². The molecule has 0 aromatic carbocycles. The Kier molecular flexibility index (Phi) is 0.955. The minimum Gasteiger partial charge on any atom is -0.253 e. The van der Waals surface area contributed by atoms with Gasteiger partial charge in [-0.2, -0.15) is 0 Å². The van der Waals surface area contributed by atoms with Crippen LogP contribution in [0.2, 0.25) is 0 Å². The maximum atomic E-state index is 11.5. The molecule has 0 amide bonds. The lowest BCUT2D eigenvalue weighted by atomic mass is 10.2. The first-order valence-corrected chi connectivity index (χ1v) is 1.90. The number of halogens is 3. The van der Waals surface area contributed by atoms with Crippen molar-refractivity contribution in [2.24, 2.45) is 0 Å². The van der Waals surface area contributed by atoms with E-state index in [1.165, 1.54) is 0 Å². The molecule has 1 aliphatic heterocycles. The van der Waals surface area contributed by atoms with Gasteiger partial charge in [-0.05, 0) is 0 Å². The Morgan fingerprint density at radius 3 is 1.43 bits per heavy atom. The van der Waals surface area contributed by atoms with Crippen LogP contribution in [-0.4, -0.2) is 18.8 Å². The van der Waals surface area contributed by atoms with Crippen LogP contribution in [0.4, 0.5) is 13.2 Å². The predicted molar refractivity (Wildman–Crippen MR) is 17.8 cm³/mol. The molecule has 1 N–H and O–H groups in total. The van der Waals surface area contributed by atoms with Gasteiger partial charge in [-0.3, -0.25) is 5.32 Å². The number of alkyl halides is 3. The number of nitrogens with one attached hydrogen (secondary N) is 1. The highest BCUT2D eigenvalue weighted by molar-refractivity contribution is 4.84. The Morgan fingerprint density at radius 1 is 1.00 bits per heavy atom. The zero-order valence-electron chi connectivity index (χ0n) is 3.37. The van der Waals surface area contributed by atoms with Crippen molar-refractivity contribution >= 4 is 0 Å². The van der Waals surface area contributed by atoms with Gasteiger partial charge in [0, 0.05) is 0 Å². The fraction of sp³-hybridized carbons (Fsp3) is 1.00. The molecule has 1 heterocycles. The van der Waals surface area contributed by atoms with Gasteiger partial charge in [0.25, 0.3) is 0 Å². The molecule has 2 unspecified atom stereocenters. The third-order valence-corrected chi connectivity index (χ3v) is 0.878. The highest BCUT2D eigenvalue weighted by atomic mass is 19.2. The Morgan fingerprint density at radius 2 is 1.43 bits per heavy atom. The molecule has 0 radical (unpaired) electrons. The maximum absolute atomic E-state index is 11.5. The quantitative estimate of drug-likeness (QED) is 0.449. The highest BCUT2D eigenvalue weighted by Crippen LogP contribution is 2.17. The zero-order chi connectivity index (χ0) is 5.44. The van der Waals surface area contributed by atoms with Gasteiger partial charge < -0.3 is 0 Å². The predicted octanol–water partition coefficient (Wildman–Crippen LogP) is 0.519. The van der Waals surface area contributed by atoms with Crippen molar-refractivity contribution < 1.29 is 13.2 Å². The SMILES string of the molecule is FC1NC(F)C1F. The van der Waals surface area contributed by atoms with Crippen LogP contribution >= 0.6 is 0 Å². The summed E-state index contributed by atoms with van der Waals surface area (Å²) < 4.78 is 34.4. The molecule has 0 aromatic heterocycles. The van der Waals surface area contributed by atoms with E-state index in [1.54, 1.807) is 5.32 Å². The van der Waals surface area contributed by atoms with Crippen molar-refractivity contribution in [3.05, 3.63) is 0 Å². The van der Waals surface area contributed by atoms with E-state index in [1.807, 2.05) is 0 Å². The first kappa shape index (κ1) is 4.90. The second-order valence-electron chi connectivity index (χ2n) is 1.41. The Bertz CT molecular complexity index is 68.6. The van der Waals surface area contributed by atoms with Crippen molar-refractivity contribution in [2.45, 2.75) is 18.8 Å². The highest BCUT2D eigenvalue weighted by Gasteiger charge is 2.41. The number of hydrogen-bond acceptors (Lipinski definition) is 1. The molecular weight excluding hydrogens is 107 g/mol. The monoisotopic (exact) mass is 111 g/mol. The van der Waals surface area contributed by atoms with E-state index in [4.69, 9.17) is 0 Å². The average Bonchev–Trinajstić information content (AvgIpc) is 1.68. The molecule has 42 valence electrons. The van der Waals surface area contributed by atoms with Gasteiger partial charge in [-0.1, -0.05) is 0 Å². The summed E-state index contributed by atoms with van der Waals surface area (Å²) in [5, 5.41) is 1.65. The van der Waals surface area contributed by atoms with E-state index in [-0.39, 0.29) is 0 Å². The van der Waals surface area contributed by atoms with Crippen molar-refractivity contribution in [3.63, 3.8) is 0 Å². The lowest BCUT2D eigenvalue weighted by Crippen LogP contribution is -2.58. The standard InChI is InChI=1S/C3H4F3N/c4-1-2(5)7-3(1)6/h1-3,7H. The van der Waals surface area contributed by atoms with E-state index in [9.17, 15) is 13.2 Å². The molecule has 0 aromatic rings. The fourth-order valence-corrected chi connectivity index (χ4v) is 0.366. The van der Waals surface area contributed by atoms with Crippen molar-refractivity contribution in [1.29, 1.82) is 0 Å². The largest absolute Gasteiger partial charge is 0.253 e. The summed E-state index contributed by atoms with van der Waals surface area (Å²) in [5.41, 5.74) is 0. The second-order valence-corrected chi connectivity index (χ2v) is 1.41. The molecule has 1 aliphatic rings. The molecule has 7 heavy (non-hydrogen) atoms. The van der Waals surface area contributed by atoms with Crippen LogP contribution in [0, 0.1) is 0 Å². The van der Waals surface area contributed by atoms with Crippen LogP contribution in [0.15, 0.2) is 0 Å². The van der Waals surface area contributed by atoms with Crippen molar-refractivity contribution in [2.75, 3.05) is 0 Å². The van der Waals surface area contributed by atoms with E-state index >= 15 is 0 Å². The second kappa shape index (κ2) is 1.36. The van der Waals surface area contributed by atoms with Gasteiger partial charge in [0.2, 0.25) is 0 Å². The summed E-state index contributed by atoms with van der Waals surface area (Å²) in [5.74, 6) is 0. The van der Waals surface area contributed by atoms with Crippen LogP contribution < -0.4 is 5.32 Å². The molecule has 0 saturated carbocycles. The summed E-state index contributed by atoms with van der Waals surface area (Å²) in [6.07, 6.45) is -5.51. The van der Waals surface area contributed by atoms with Crippen LogP contribution in [0.5, 0.6) is 0 Å². The minimum absolute atomic E-state index is 1.65. The molecule has 2 atom stereocenters. The van der Waals surface area contributed by atoms with Gasteiger partial charge in [0.15, 0.2) is 18.8 Å². The van der Waals surface area contributed by atoms with E-state index in [2.05, 4.69) is 0 Å². The maximum Gasteiger partial charge on any atom is 0.189 e. The van der Waals surface area contributed by atoms with Gasteiger partial charge in [-0.15, -0.1) is 0 Å². The first-order chi connectivity index (χ1) is 3.22. The molecular formula is C3H4F3N. The third-order valence-electron chi connectivity index (χ3n) is 0.878. The van der Waals surface area contributed by atoms with E-state index in [0.29, 0.717) is 0 Å². The normalized spacial score (nSPS) is 51.0. The fourth-order valence-electron chi connectivity index (χ4n) is 0.366. The molecule has 0 aliphatic carbocycles. The van der Waals surface area contributed by atoms with Gasteiger partial charge in [0.1, 0.15) is 0 Å². The summed E-state index contributed by atoms with van der Waals surface area (Å²) in [7, 11) is 0. The van der Waals surface area contributed by atoms with E-state index < -0.39 is 18.8 Å². The molecule has 4 heteroatoms. The lowest BCUT2D eigenvalue weighted by molar-refractivity contribution is -0.0570. The number of hydrogen-bond donors (Lipinski definition) is 1. The van der Waals surface area contributed by atoms with Crippen LogP contribution in [0.1, 0.15) is 0 Å². The first-order valence-electron chi connectivity index (χ1n) is 1.90. The minimum atomic E-state index is -1.94. The van der Waals surface area contributed by atoms with Gasteiger partial charge in [0.05, 0.1) is 0 Å². The summed E-state index contributed by atoms with van der Waals surface area (Å²) >= 11 is 0. The molecule has 1 fully saturated rings. The van der Waals surface area contributed by atoms with Gasteiger partial charge in [-0.25, -0.2) is 13.2 Å². The molecule has 1 saturated heterocycles. The summed E-state index contributed by atoms with van der Waals surface area (Å²) in [6.45, 7) is 0. The molecule has 1 nitrogen and oxygen atoms in total. The van der Waals surface area contributed by atoms with Crippen LogP contribution in [0.25, 0.3) is 0 Å². The summed E-state index contributed by atoms with van der Waals surface area (Å²) in [4.78, 5) is 0. The van der Waals surface area contributed by atoms with Gasteiger partial charge >= 0.3 is 0 Å². The molecule has 0 bridgehead atoms. The third kappa shape index (κ3) is 0.586. The molecule has 0 spiro atoms. The van der Waals surface area contributed by atoms with Crippen LogP contribution in [0.3, 0.4) is 0 Å². The van der Waals surface area contributed by atoms with Crippen molar-refractivity contribution in [1.82, 2.24) is 5.32 Å².